The van der Waals surface area contributed by atoms with Crippen LogP contribution in [0, 0.1) is 5.82 Å². The maximum Gasteiger partial charge on any atom is 0.144 e. The van der Waals surface area contributed by atoms with Crippen molar-refractivity contribution < 1.29 is 4.39 Å². The fourth-order valence-corrected chi connectivity index (χ4v) is 1.57. The zero-order valence-electron chi connectivity index (χ0n) is 6.93. The SMILES string of the molecule is Fc1c(Br)cccc1/C=C/CCBr. The minimum absolute atomic E-state index is 0.201. The van der Waals surface area contributed by atoms with Crippen LogP contribution in [-0.4, -0.2) is 5.33 Å². The molecule has 0 amide bonds. The molecule has 0 spiro atoms. The Morgan fingerprint density at radius 1 is 1.38 bits per heavy atom. The molecule has 0 unspecified atom stereocenters. The third-order valence-corrected chi connectivity index (χ3v) is 2.62. The Balaban J connectivity index is 2.83. The van der Waals surface area contributed by atoms with Crippen molar-refractivity contribution in [2.45, 2.75) is 6.42 Å². The molecule has 1 aromatic rings. The molecule has 3 heteroatoms. The topological polar surface area (TPSA) is 0 Å². The van der Waals surface area contributed by atoms with Crippen molar-refractivity contribution in [2.24, 2.45) is 0 Å². The lowest BCUT2D eigenvalue weighted by molar-refractivity contribution is 0.618. The van der Waals surface area contributed by atoms with Gasteiger partial charge < -0.3 is 0 Å². The number of hydrogen-bond donors (Lipinski definition) is 0. The van der Waals surface area contributed by atoms with Crippen molar-refractivity contribution in [3.05, 3.63) is 40.1 Å². The van der Waals surface area contributed by atoms with Crippen LogP contribution in [0.3, 0.4) is 0 Å². The zero-order valence-corrected chi connectivity index (χ0v) is 10.1. The molecule has 0 N–H and O–H groups in total. The average Bonchev–Trinajstić information content (AvgIpc) is 2.13. The van der Waals surface area contributed by atoms with E-state index in [9.17, 15) is 4.39 Å². The first kappa shape index (κ1) is 10.9. The summed E-state index contributed by atoms with van der Waals surface area (Å²) >= 11 is 6.44. The van der Waals surface area contributed by atoms with Crippen LogP contribution >= 0.6 is 31.9 Å². The lowest BCUT2D eigenvalue weighted by atomic mass is 10.2. The Hall–Kier alpha value is -0.150. The fourth-order valence-electron chi connectivity index (χ4n) is 0.922. The van der Waals surface area contributed by atoms with Gasteiger partial charge in [0.15, 0.2) is 0 Å². The first-order valence-electron chi connectivity index (χ1n) is 3.92. The summed E-state index contributed by atoms with van der Waals surface area (Å²) < 4.78 is 13.8. The summed E-state index contributed by atoms with van der Waals surface area (Å²) in [6, 6.07) is 5.27. The second-order valence-electron chi connectivity index (χ2n) is 2.52. The van der Waals surface area contributed by atoms with E-state index in [1.807, 2.05) is 12.1 Å². The molecule has 0 aliphatic carbocycles. The molecular weight excluding hydrogens is 299 g/mol. The first-order valence-corrected chi connectivity index (χ1v) is 5.83. The Morgan fingerprint density at radius 2 is 2.15 bits per heavy atom. The highest BCUT2D eigenvalue weighted by molar-refractivity contribution is 9.10. The highest BCUT2D eigenvalue weighted by Gasteiger charge is 2.01. The summed E-state index contributed by atoms with van der Waals surface area (Å²) in [5, 5.41) is 0.902. The van der Waals surface area contributed by atoms with Gasteiger partial charge in [0.1, 0.15) is 5.82 Å². The predicted octanol–water partition coefficient (Wildman–Crippen LogP) is 4.39. The molecule has 1 aromatic carbocycles. The number of rotatable bonds is 3. The summed E-state index contributed by atoms with van der Waals surface area (Å²) in [6.45, 7) is 0. The monoisotopic (exact) mass is 306 g/mol. The molecule has 0 saturated heterocycles. The van der Waals surface area contributed by atoms with Gasteiger partial charge in [-0.1, -0.05) is 40.2 Å². The highest BCUT2D eigenvalue weighted by atomic mass is 79.9. The van der Waals surface area contributed by atoms with Gasteiger partial charge in [0.05, 0.1) is 4.47 Å². The minimum atomic E-state index is -0.201. The molecule has 0 heterocycles. The molecule has 13 heavy (non-hydrogen) atoms. The molecule has 0 aliphatic heterocycles. The number of alkyl halides is 1. The zero-order chi connectivity index (χ0) is 9.68. The van der Waals surface area contributed by atoms with Gasteiger partial charge in [-0.3, -0.25) is 0 Å². The molecule has 0 saturated carbocycles. The highest BCUT2D eigenvalue weighted by Crippen LogP contribution is 2.19. The predicted molar refractivity (Wildman–Crippen MR) is 61.5 cm³/mol. The van der Waals surface area contributed by atoms with Gasteiger partial charge in [-0.2, -0.15) is 0 Å². The largest absolute Gasteiger partial charge is 0.205 e. The van der Waals surface area contributed by atoms with Crippen molar-refractivity contribution in [2.75, 3.05) is 5.33 Å². The Morgan fingerprint density at radius 3 is 2.85 bits per heavy atom. The van der Waals surface area contributed by atoms with E-state index in [2.05, 4.69) is 31.9 Å². The van der Waals surface area contributed by atoms with Crippen molar-refractivity contribution in [3.63, 3.8) is 0 Å². The van der Waals surface area contributed by atoms with E-state index < -0.39 is 0 Å². The molecular formula is C10H9Br2F. The summed E-state index contributed by atoms with van der Waals surface area (Å²) in [5.41, 5.74) is 0.621. The van der Waals surface area contributed by atoms with Gasteiger partial charge in [0.25, 0.3) is 0 Å². The summed E-state index contributed by atoms with van der Waals surface area (Å²) in [6.07, 6.45) is 4.65. The van der Waals surface area contributed by atoms with Gasteiger partial charge in [0.2, 0.25) is 0 Å². The van der Waals surface area contributed by atoms with Crippen LogP contribution in [0.25, 0.3) is 6.08 Å². The van der Waals surface area contributed by atoms with E-state index in [4.69, 9.17) is 0 Å². The van der Waals surface area contributed by atoms with Crippen molar-refractivity contribution in [1.82, 2.24) is 0 Å². The van der Waals surface area contributed by atoms with E-state index in [-0.39, 0.29) is 5.82 Å². The van der Waals surface area contributed by atoms with E-state index >= 15 is 0 Å². The van der Waals surface area contributed by atoms with Crippen LogP contribution in [0.2, 0.25) is 0 Å². The van der Waals surface area contributed by atoms with E-state index in [1.165, 1.54) is 0 Å². The Bertz CT molecular complexity index is 308. The van der Waals surface area contributed by atoms with Crippen LogP contribution in [0.15, 0.2) is 28.7 Å². The van der Waals surface area contributed by atoms with Crippen LogP contribution in [-0.2, 0) is 0 Å². The van der Waals surface area contributed by atoms with Gasteiger partial charge in [-0.05, 0) is 28.4 Å². The molecule has 70 valence electrons. The molecule has 0 fully saturated rings. The Kier molecular flexibility index (Phi) is 4.67. The van der Waals surface area contributed by atoms with Gasteiger partial charge in [-0.25, -0.2) is 4.39 Å². The van der Waals surface area contributed by atoms with E-state index in [0.29, 0.717) is 10.0 Å². The average molecular weight is 308 g/mol. The van der Waals surface area contributed by atoms with Crippen molar-refractivity contribution in [1.29, 1.82) is 0 Å². The normalized spacial score (nSPS) is 11.0. The quantitative estimate of drug-likeness (QED) is 0.727. The third kappa shape index (κ3) is 3.24. The van der Waals surface area contributed by atoms with Gasteiger partial charge in [-0.15, -0.1) is 0 Å². The number of halogens is 3. The first-order chi connectivity index (χ1) is 6.25. The molecule has 0 atom stereocenters. The number of allylic oxidation sites excluding steroid dienone is 1. The minimum Gasteiger partial charge on any atom is -0.205 e. The third-order valence-electron chi connectivity index (χ3n) is 1.55. The Labute approximate surface area is 94.1 Å². The van der Waals surface area contributed by atoms with E-state index in [0.717, 1.165) is 11.8 Å². The molecule has 0 bridgehead atoms. The molecule has 0 nitrogen and oxygen atoms in total. The number of benzene rings is 1. The molecule has 1 rings (SSSR count). The van der Waals surface area contributed by atoms with Crippen LogP contribution in [0.1, 0.15) is 12.0 Å². The molecule has 0 aromatic heterocycles. The van der Waals surface area contributed by atoms with Crippen molar-refractivity contribution >= 4 is 37.9 Å². The standard InChI is InChI=1S/C10H9Br2F/c11-7-2-1-4-8-5-3-6-9(12)10(8)13/h1,3-6H,2,7H2/b4-1+. The summed E-state index contributed by atoms with van der Waals surface area (Å²) in [4.78, 5) is 0. The molecule has 0 radical (unpaired) electrons. The molecule has 0 aliphatic rings. The second kappa shape index (κ2) is 5.55. The fraction of sp³-hybridized carbons (Fsp3) is 0.200. The van der Waals surface area contributed by atoms with Gasteiger partial charge >= 0.3 is 0 Å². The summed E-state index contributed by atoms with van der Waals surface area (Å²) in [5.74, 6) is -0.201. The van der Waals surface area contributed by atoms with Gasteiger partial charge in [0, 0.05) is 10.9 Å². The lowest BCUT2D eigenvalue weighted by Gasteiger charge is -1.97. The number of hydrogen-bond acceptors (Lipinski definition) is 0. The lowest BCUT2D eigenvalue weighted by Crippen LogP contribution is -1.82. The smallest absolute Gasteiger partial charge is 0.144 e. The summed E-state index contributed by atoms with van der Waals surface area (Å²) in [7, 11) is 0. The van der Waals surface area contributed by atoms with E-state index in [1.54, 1.807) is 18.2 Å². The van der Waals surface area contributed by atoms with Crippen molar-refractivity contribution in [3.8, 4) is 0 Å². The maximum atomic E-state index is 13.3. The van der Waals surface area contributed by atoms with Crippen LogP contribution in [0.5, 0.6) is 0 Å². The maximum absolute atomic E-state index is 13.3. The van der Waals surface area contributed by atoms with Crippen LogP contribution in [0.4, 0.5) is 4.39 Å². The second-order valence-corrected chi connectivity index (χ2v) is 4.17. The van der Waals surface area contributed by atoms with Crippen LogP contribution < -0.4 is 0 Å².